The molecule has 0 saturated heterocycles. The van der Waals surface area contributed by atoms with Gasteiger partial charge in [-0.05, 0) is 11.8 Å². The molecule has 1 aromatic rings. The first-order valence-electron chi connectivity index (χ1n) is 3.31. The highest BCUT2D eigenvalue weighted by molar-refractivity contribution is 5.41. The average molecular weight is 166 g/mol. The van der Waals surface area contributed by atoms with Crippen LogP contribution in [0.4, 0.5) is 5.82 Å². The molecular weight excluding hydrogens is 160 g/mol. The van der Waals surface area contributed by atoms with E-state index in [1.54, 1.807) is 13.0 Å². The van der Waals surface area contributed by atoms with E-state index in [1.165, 1.54) is 10.9 Å². The smallest absolute Gasteiger partial charge is 0.358 e. The Morgan fingerprint density at radius 3 is 3.00 bits per heavy atom. The summed E-state index contributed by atoms with van der Waals surface area (Å²) in [5, 5.41) is 22.6. The first-order valence-corrected chi connectivity index (χ1v) is 3.31. The molecule has 6 heteroatoms. The van der Waals surface area contributed by atoms with Gasteiger partial charge in [0.25, 0.3) is 0 Å². The van der Waals surface area contributed by atoms with E-state index >= 15 is 0 Å². The summed E-state index contributed by atoms with van der Waals surface area (Å²) in [7, 11) is 0. The van der Waals surface area contributed by atoms with Gasteiger partial charge in [0.1, 0.15) is 12.6 Å². The summed E-state index contributed by atoms with van der Waals surface area (Å²) in [6.07, 6.45) is 1.20. The molecule has 1 rings (SSSR count). The molecule has 1 aromatic heterocycles. The molecule has 12 heavy (non-hydrogen) atoms. The third kappa shape index (κ3) is 1.12. The first kappa shape index (κ1) is 8.20. The summed E-state index contributed by atoms with van der Waals surface area (Å²) < 4.78 is 1.18. The third-order valence-corrected chi connectivity index (χ3v) is 1.40. The van der Waals surface area contributed by atoms with Crippen molar-refractivity contribution in [3.05, 3.63) is 21.9 Å². The van der Waals surface area contributed by atoms with Gasteiger partial charge in [0, 0.05) is 0 Å². The van der Waals surface area contributed by atoms with Crippen LogP contribution in [0, 0.1) is 21.4 Å². The minimum absolute atomic E-state index is 0.00171. The Kier molecular flexibility index (Phi) is 2.05. The molecule has 0 N–H and O–H groups in total. The van der Waals surface area contributed by atoms with Crippen molar-refractivity contribution in [2.24, 2.45) is 0 Å². The Morgan fingerprint density at radius 2 is 2.58 bits per heavy atom. The number of nitrogens with zero attached hydrogens (tertiary/aromatic N) is 4. The zero-order valence-electron chi connectivity index (χ0n) is 6.39. The second-order valence-electron chi connectivity index (χ2n) is 2.07. The number of hydrogen-bond donors (Lipinski definition) is 0. The minimum atomic E-state index is -0.602. The average Bonchev–Trinajstić information content (AvgIpc) is 2.46. The van der Waals surface area contributed by atoms with E-state index in [0.717, 1.165) is 0 Å². The highest BCUT2D eigenvalue weighted by Gasteiger charge is 2.19. The van der Waals surface area contributed by atoms with Gasteiger partial charge < -0.3 is 10.1 Å². The lowest BCUT2D eigenvalue weighted by Crippen LogP contribution is -2.02. The molecule has 0 spiro atoms. The van der Waals surface area contributed by atoms with Crippen LogP contribution in [0.5, 0.6) is 0 Å². The molecule has 0 unspecified atom stereocenters. The Hall–Kier alpha value is -1.90. The number of rotatable bonds is 2. The molecule has 0 aliphatic heterocycles. The van der Waals surface area contributed by atoms with Crippen LogP contribution >= 0.6 is 0 Å². The van der Waals surface area contributed by atoms with E-state index in [0.29, 0.717) is 6.54 Å². The standard InChI is InChI=1S/C6H6N4O2/c1-2-9-6(10(11)12)5(3-7)4-8-9/h4H,2H2,1H3. The quantitative estimate of drug-likeness (QED) is 0.477. The van der Waals surface area contributed by atoms with Crippen molar-refractivity contribution in [1.29, 1.82) is 5.26 Å². The van der Waals surface area contributed by atoms with E-state index in [4.69, 9.17) is 5.26 Å². The van der Waals surface area contributed by atoms with Gasteiger partial charge in [-0.25, -0.2) is 0 Å². The summed E-state index contributed by atoms with van der Waals surface area (Å²) >= 11 is 0. The highest BCUT2D eigenvalue weighted by atomic mass is 16.6. The third-order valence-electron chi connectivity index (χ3n) is 1.40. The lowest BCUT2D eigenvalue weighted by molar-refractivity contribution is -0.392. The van der Waals surface area contributed by atoms with Gasteiger partial charge >= 0.3 is 5.82 Å². The number of aryl methyl sites for hydroxylation is 1. The van der Waals surface area contributed by atoms with Crippen molar-refractivity contribution in [1.82, 2.24) is 9.78 Å². The van der Waals surface area contributed by atoms with E-state index < -0.39 is 4.92 Å². The second kappa shape index (κ2) is 3.00. The summed E-state index contributed by atoms with van der Waals surface area (Å²) in [6, 6.07) is 1.71. The number of hydrogen-bond acceptors (Lipinski definition) is 4. The Morgan fingerprint density at radius 1 is 1.92 bits per heavy atom. The van der Waals surface area contributed by atoms with Crippen molar-refractivity contribution in [3.8, 4) is 6.07 Å². The maximum absolute atomic E-state index is 10.4. The molecule has 0 aliphatic rings. The van der Waals surface area contributed by atoms with Gasteiger partial charge in [-0.1, -0.05) is 5.10 Å². The SMILES string of the molecule is CCn1ncc(C#N)c1[N+](=O)[O-]. The van der Waals surface area contributed by atoms with Crippen molar-refractivity contribution < 1.29 is 4.92 Å². The van der Waals surface area contributed by atoms with E-state index in [9.17, 15) is 10.1 Å². The summed E-state index contributed by atoms with van der Waals surface area (Å²) in [5.41, 5.74) is 0.00171. The lowest BCUT2D eigenvalue weighted by atomic mass is 10.4. The molecule has 0 aliphatic carbocycles. The van der Waals surface area contributed by atoms with Crippen LogP contribution in [0.2, 0.25) is 0 Å². The Balaban J connectivity index is 3.28. The zero-order chi connectivity index (χ0) is 9.14. The van der Waals surface area contributed by atoms with Crippen LogP contribution in [0.25, 0.3) is 0 Å². The summed E-state index contributed by atoms with van der Waals surface area (Å²) in [4.78, 5) is 9.81. The summed E-state index contributed by atoms with van der Waals surface area (Å²) in [6.45, 7) is 2.11. The molecule has 6 nitrogen and oxygen atoms in total. The van der Waals surface area contributed by atoms with E-state index in [2.05, 4.69) is 5.10 Å². The molecule has 0 saturated carbocycles. The molecule has 62 valence electrons. The molecule has 0 amide bonds. The van der Waals surface area contributed by atoms with Crippen LogP contribution in [0.15, 0.2) is 6.20 Å². The van der Waals surface area contributed by atoms with Gasteiger partial charge in [0.05, 0.1) is 6.20 Å². The van der Waals surface area contributed by atoms with Crippen LogP contribution in [-0.4, -0.2) is 14.7 Å². The predicted molar refractivity (Wildman–Crippen MR) is 39.3 cm³/mol. The molecule has 0 atom stereocenters. The molecular formula is C6H6N4O2. The number of nitro groups is 1. The summed E-state index contributed by atoms with van der Waals surface area (Å²) in [5.74, 6) is -0.236. The Labute approximate surface area is 68.2 Å². The fourth-order valence-corrected chi connectivity index (χ4v) is 0.882. The van der Waals surface area contributed by atoms with Crippen LogP contribution < -0.4 is 0 Å². The Bertz CT molecular complexity index is 349. The van der Waals surface area contributed by atoms with Gasteiger partial charge in [-0.2, -0.15) is 5.26 Å². The van der Waals surface area contributed by atoms with Crippen LogP contribution in [0.3, 0.4) is 0 Å². The van der Waals surface area contributed by atoms with Gasteiger partial charge in [-0.15, -0.1) is 4.68 Å². The lowest BCUT2D eigenvalue weighted by Gasteiger charge is -1.94. The van der Waals surface area contributed by atoms with Crippen LogP contribution in [0.1, 0.15) is 12.5 Å². The molecule has 0 radical (unpaired) electrons. The van der Waals surface area contributed by atoms with Crippen molar-refractivity contribution >= 4 is 5.82 Å². The van der Waals surface area contributed by atoms with Crippen molar-refractivity contribution in [3.63, 3.8) is 0 Å². The topological polar surface area (TPSA) is 84.8 Å². The monoisotopic (exact) mass is 166 g/mol. The van der Waals surface area contributed by atoms with Crippen molar-refractivity contribution in [2.45, 2.75) is 13.5 Å². The van der Waals surface area contributed by atoms with Gasteiger partial charge in [0.15, 0.2) is 5.56 Å². The van der Waals surface area contributed by atoms with E-state index in [-0.39, 0.29) is 11.4 Å². The van der Waals surface area contributed by atoms with Gasteiger partial charge in [0.2, 0.25) is 0 Å². The molecule has 0 aromatic carbocycles. The number of aromatic nitrogens is 2. The maximum atomic E-state index is 10.4. The largest absolute Gasteiger partial charge is 0.362 e. The molecule has 0 bridgehead atoms. The predicted octanol–water partition coefficient (Wildman–Crippen LogP) is 0.683. The van der Waals surface area contributed by atoms with Crippen LogP contribution in [-0.2, 0) is 6.54 Å². The first-order chi connectivity index (χ1) is 5.70. The van der Waals surface area contributed by atoms with E-state index in [1.807, 2.05) is 0 Å². The normalized spacial score (nSPS) is 9.33. The zero-order valence-corrected chi connectivity index (χ0v) is 6.39. The maximum Gasteiger partial charge on any atom is 0.362 e. The minimum Gasteiger partial charge on any atom is -0.358 e. The van der Waals surface area contributed by atoms with Gasteiger partial charge in [-0.3, -0.25) is 0 Å². The fourth-order valence-electron chi connectivity index (χ4n) is 0.882. The molecule has 1 heterocycles. The highest BCUT2D eigenvalue weighted by Crippen LogP contribution is 2.15. The molecule has 0 fully saturated rings. The van der Waals surface area contributed by atoms with Crippen molar-refractivity contribution in [2.75, 3.05) is 0 Å². The fraction of sp³-hybridized carbons (Fsp3) is 0.333. The second-order valence-corrected chi connectivity index (χ2v) is 2.07. The number of nitriles is 1.